The first-order valence-electron chi connectivity index (χ1n) is 17.2. The SMILES string of the molecule is COc1ccccc1SC[C@@H]1O[C@H](c2cccc(-c3cccc(CNC(=O)[C@@H]4CCCN4C(=O)C(F)(F)F)c3)c2)O[C@H](c2ccc(CO)cc2)[C@@H]1C. The van der Waals surface area contributed by atoms with Crippen molar-refractivity contribution >= 4 is 23.6 Å². The highest BCUT2D eigenvalue weighted by Gasteiger charge is 2.47. The van der Waals surface area contributed by atoms with E-state index in [-0.39, 0.29) is 44.2 Å². The molecule has 8 nitrogen and oxygen atoms in total. The number of carbonyl (C=O) groups is 2. The summed E-state index contributed by atoms with van der Waals surface area (Å²) in [5.74, 6) is -1.15. The number of nitrogens with zero attached hydrogens (tertiary/aromatic N) is 1. The summed E-state index contributed by atoms with van der Waals surface area (Å²) in [6.45, 7) is 2.06. The minimum atomic E-state index is -5.03. The summed E-state index contributed by atoms with van der Waals surface area (Å²) in [6.07, 6.45) is -5.67. The number of aliphatic hydroxyl groups is 1. The van der Waals surface area contributed by atoms with Crippen molar-refractivity contribution in [2.45, 2.75) is 68.5 Å². The molecule has 0 unspecified atom stereocenters. The van der Waals surface area contributed by atoms with Gasteiger partial charge in [-0.05, 0) is 64.9 Å². The van der Waals surface area contributed by atoms with E-state index < -0.39 is 30.3 Å². The number of methoxy groups -OCH3 is 1. The molecule has 5 atom stereocenters. The lowest BCUT2D eigenvalue weighted by Crippen LogP contribution is -2.50. The predicted octanol–water partition coefficient (Wildman–Crippen LogP) is 7.61. The average Bonchev–Trinajstić information content (AvgIpc) is 3.66. The van der Waals surface area contributed by atoms with E-state index in [1.807, 2.05) is 97.1 Å². The molecular formula is C40H41F3N2O6S. The summed E-state index contributed by atoms with van der Waals surface area (Å²) in [5, 5.41) is 12.3. The standard InChI is InChI=1S/C40H41F3N2O6S/c1-25-34(24-52-35-14-4-3-13-33(35)49-2)50-38(51-36(25)28-17-15-26(23-46)16-18-28)31-11-6-10-30(21-31)29-9-5-8-27(20-29)22-44-37(47)32-12-7-19-45(32)39(48)40(41,42)43/h3-6,8-11,13-18,20-21,25,32,34,36,38,46H,7,12,19,22-24H2,1-2H3,(H,44,47)/t25-,32+,34+,36+,38+/m1/s1. The van der Waals surface area contributed by atoms with E-state index in [2.05, 4.69) is 12.2 Å². The van der Waals surface area contributed by atoms with E-state index >= 15 is 0 Å². The number of carbonyl (C=O) groups excluding carboxylic acids is 2. The van der Waals surface area contributed by atoms with Crippen LogP contribution in [0.25, 0.3) is 11.1 Å². The number of alkyl halides is 3. The number of ether oxygens (including phenoxy) is 3. The van der Waals surface area contributed by atoms with Gasteiger partial charge in [0.15, 0.2) is 6.29 Å². The monoisotopic (exact) mass is 734 g/mol. The minimum Gasteiger partial charge on any atom is -0.496 e. The first-order valence-corrected chi connectivity index (χ1v) is 18.2. The number of likely N-dealkylation sites (tertiary alicyclic amines) is 1. The molecule has 2 amide bonds. The number of thioether (sulfide) groups is 1. The number of halogens is 3. The average molecular weight is 735 g/mol. The van der Waals surface area contributed by atoms with Gasteiger partial charge in [0.05, 0.1) is 25.9 Å². The molecule has 0 aliphatic carbocycles. The number of hydrogen-bond donors (Lipinski definition) is 2. The molecule has 4 aromatic carbocycles. The number of aliphatic hydroxyl groups excluding tert-OH is 1. The molecule has 2 aliphatic heterocycles. The van der Waals surface area contributed by atoms with E-state index in [1.54, 1.807) is 18.9 Å². The minimum absolute atomic E-state index is 0.00333. The summed E-state index contributed by atoms with van der Waals surface area (Å²) < 4.78 is 58.2. The zero-order valence-corrected chi connectivity index (χ0v) is 29.7. The maximum absolute atomic E-state index is 13.1. The third-order valence-electron chi connectivity index (χ3n) is 9.54. The van der Waals surface area contributed by atoms with E-state index in [1.165, 1.54) is 0 Å². The molecule has 6 rings (SSSR count). The van der Waals surface area contributed by atoms with Gasteiger partial charge < -0.3 is 29.5 Å². The highest BCUT2D eigenvalue weighted by Crippen LogP contribution is 2.44. The van der Waals surface area contributed by atoms with Crippen LogP contribution >= 0.6 is 11.8 Å². The lowest BCUT2D eigenvalue weighted by Gasteiger charge is -2.41. The van der Waals surface area contributed by atoms with Crippen molar-refractivity contribution in [3.8, 4) is 16.9 Å². The van der Waals surface area contributed by atoms with Gasteiger partial charge in [0.25, 0.3) is 0 Å². The van der Waals surface area contributed by atoms with Gasteiger partial charge in [-0.2, -0.15) is 13.2 Å². The molecular weight excluding hydrogens is 694 g/mol. The van der Waals surface area contributed by atoms with Crippen molar-refractivity contribution in [1.29, 1.82) is 0 Å². The third kappa shape index (κ3) is 8.63. The van der Waals surface area contributed by atoms with Gasteiger partial charge in [0, 0.05) is 35.2 Å². The zero-order valence-electron chi connectivity index (χ0n) is 28.8. The maximum atomic E-state index is 13.1. The van der Waals surface area contributed by atoms with Crippen LogP contribution in [-0.4, -0.2) is 59.6 Å². The van der Waals surface area contributed by atoms with Gasteiger partial charge >= 0.3 is 12.1 Å². The molecule has 2 aliphatic rings. The fourth-order valence-corrected chi connectivity index (χ4v) is 7.89. The van der Waals surface area contributed by atoms with Gasteiger partial charge in [-0.15, -0.1) is 11.8 Å². The largest absolute Gasteiger partial charge is 0.496 e. The van der Waals surface area contributed by atoms with Crippen LogP contribution in [-0.2, 0) is 32.2 Å². The van der Waals surface area contributed by atoms with Crippen LogP contribution in [0.2, 0.25) is 0 Å². The molecule has 0 spiro atoms. The van der Waals surface area contributed by atoms with Crippen molar-refractivity contribution in [3.05, 3.63) is 119 Å². The second-order valence-corrected chi connectivity index (χ2v) is 14.0. The van der Waals surface area contributed by atoms with Gasteiger partial charge in [-0.1, -0.05) is 79.7 Å². The normalized spacial score (nSPS) is 21.9. The fourth-order valence-electron chi connectivity index (χ4n) is 6.70. The van der Waals surface area contributed by atoms with E-state index in [0.717, 1.165) is 44.0 Å². The van der Waals surface area contributed by atoms with E-state index in [0.29, 0.717) is 17.1 Å². The van der Waals surface area contributed by atoms with Crippen LogP contribution in [0.15, 0.2) is 102 Å². The molecule has 4 aromatic rings. The van der Waals surface area contributed by atoms with E-state index in [4.69, 9.17) is 14.2 Å². The third-order valence-corrected chi connectivity index (χ3v) is 10.7. The number of nitrogens with one attached hydrogen (secondary N) is 1. The van der Waals surface area contributed by atoms with Crippen molar-refractivity contribution < 1.29 is 42.1 Å². The number of rotatable bonds is 11. The van der Waals surface area contributed by atoms with Crippen molar-refractivity contribution in [2.75, 3.05) is 19.4 Å². The highest BCUT2D eigenvalue weighted by molar-refractivity contribution is 7.99. The van der Waals surface area contributed by atoms with Gasteiger partial charge in [-0.3, -0.25) is 9.59 Å². The molecule has 274 valence electrons. The Bertz CT molecular complexity index is 1860. The number of hydrogen-bond acceptors (Lipinski definition) is 7. The van der Waals surface area contributed by atoms with Crippen LogP contribution in [0, 0.1) is 5.92 Å². The molecule has 0 bridgehead atoms. The lowest BCUT2D eigenvalue weighted by molar-refractivity contribution is -0.268. The number of para-hydroxylation sites is 1. The fraction of sp³-hybridized carbons (Fsp3) is 0.350. The Morgan fingerprint density at radius 2 is 1.65 bits per heavy atom. The van der Waals surface area contributed by atoms with Crippen LogP contribution in [0.5, 0.6) is 5.75 Å². The van der Waals surface area contributed by atoms with Crippen LogP contribution in [0.1, 0.15) is 54.4 Å². The van der Waals surface area contributed by atoms with Crippen LogP contribution in [0.4, 0.5) is 13.2 Å². The van der Waals surface area contributed by atoms with Crippen molar-refractivity contribution in [3.63, 3.8) is 0 Å². The molecule has 2 heterocycles. The van der Waals surface area contributed by atoms with Gasteiger partial charge in [0.2, 0.25) is 5.91 Å². The van der Waals surface area contributed by atoms with Crippen molar-refractivity contribution in [2.24, 2.45) is 5.92 Å². The molecule has 2 N–H and O–H groups in total. The zero-order chi connectivity index (χ0) is 36.8. The van der Waals surface area contributed by atoms with Crippen LogP contribution < -0.4 is 10.1 Å². The summed E-state index contributed by atoms with van der Waals surface area (Å²) in [7, 11) is 1.66. The Labute approximate surface area is 305 Å². The maximum Gasteiger partial charge on any atom is 0.471 e. The van der Waals surface area contributed by atoms with Gasteiger partial charge in [-0.25, -0.2) is 0 Å². The summed E-state index contributed by atoms with van der Waals surface area (Å²) in [4.78, 5) is 26.4. The van der Waals surface area contributed by atoms with Crippen LogP contribution in [0.3, 0.4) is 0 Å². The number of benzene rings is 4. The molecule has 2 fully saturated rings. The number of amides is 2. The molecule has 12 heteroatoms. The second-order valence-electron chi connectivity index (χ2n) is 13.0. The Hall–Kier alpha value is -4.36. The molecule has 0 aromatic heterocycles. The highest BCUT2D eigenvalue weighted by atomic mass is 32.2. The lowest BCUT2D eigenvalue weighted by atomic mass is 9.91. The van der Waals surface area contributed by atoms with E-state index in [9.17, 15) is 27.9 Å². The predicted molar refractivity (Wildman–Crippen MR) is 191 cm³/mol. The molecule has 52 heavy (non-hydrogen) atoms. The topological polar surface area (TPSA) is 97.3 Å². The summed E-state index contributed by atoms with van der Waals surface area (Å²) in [6, 6.07) is 29.9. The van der Waals surface area contributed by atoms with Crippen molar-refractivity contribution in [1.82, 2.24) is 10.2 Å². The summed E-state index contributed by atoms with van der Waals surface area (Å²) >= 11 is 1.66. The Morgan fingerprint density at radius 1 is 0.923 bits per heavy atom. The smallest absolute Gasteiger partial charge is 0.471 e. The molecule has 0 radical (unpaired) electrons. The first kappa shape index (κ1) is 37.4. The molecule has 0 saturated carbocycles. The summed E-state index contributed by atoms with van der Waals surface area (Å²) in [5.41, 5.74) is 5.13. The van der Waals surface area contributed by atoms with Gasteiger partial charge in [0.1, 0.15) is 11.8 Å². The first-order chi connectivity index (χ1) is 25.0. The molecule has 2 saturated heterocycles. The Kier molecular flexibility index (Phi) is 11.9. The quantitative estimate of drug-likeness (QED) is 0.153. The Morgan fingerprint density at radius 3 is 2.38 bits per heavy atom. The Balaban J connectivity index is 1.19. The second kappa shape index (κ2) is 16.5.